The Morgan fingerprint density at radius 2 is 2.25 bits per heavy atom. The van der Waals surface area contributed by atoms with E-state index >= 15 is 0 Å². The van der Waals surface area contributed by atoms with E-state index in [2.05, 4.69) is 5.32 Å². The molecule has 0 aliphatic carbocycles. The molecule has 0 saturated carbocycles. The van der Waals surface area contributed by atoms with Crippen LogP contribution in [0, 0.1) is 0 Å². The van der Waals surface area contributed by atoms with Crippen molar-refractivity contribution in [1.82, 2.24) is 10.2 Å². The number of hydrogen-bond acceptors (Lipinski definition) is 4. The Labute approximate surface area is 106 Å². The minimum absolute atomic E-state index is 0. The largest absolute Gasteiger partial charge is 0.445 e. The monoisotopic (exact) mass is 264 g/mol. The Balaban J connectivity index is 0.00000225. The highest BCUT2D eigenvalue weighted by molar-refractivity contribution is 7.98. The summed E-state index contributed by atoms with van der Waals surface area (Å²) in [4.78, 5) is 13.4. The first-order valence-corrected chi connectivity index (χ1v) is 5.95. The SMILES string of the molecule is CNCCN(C)C(=O)c1ccc(SC)o1.Cl. The van der Waals surface area contributed by atoms with Crippen LogP contribution < -0.4 is 5.32 Å². The van der Waals surface area contributed by atoms with E-state index in [1.54, 1.807) is 18.0 Å². The van der Waals surface area contributed by atoms with Gasteiger partial charge >= 0.3 is 0 Å². The number of amides is 1. The lowest BCUT2D eigenvalue weighted by atomic mass is 10.4. The summed E-state index contributed by atoms with van der Waals surface area (Å²) >= 11 is 1.49. The predicted molar refractivity (Wildman–Crippen MR) is 68.6 cm³/mol. The van der Waals surface area contributed by atoms with E-state index in [1.807, 2.05) is 19.4 Å². The molecule has 1 N–H and O–H groups in total. The molecule has 0 saturated heterocycles. The summed E-state index contributed by atoms with van der Waals surface area (Å²) in [5.74, 6) is 0.323. The lowest BCUT2D eigenvalue weighted by molar-refractivity contribution is 0.0760. The summed E-state index contributed by atoms with van der Waals surface area (Å²) in [6.07, 6.45) is 1.91. The van der Waals surface area contributed by atoms with E-state index in [-0.39, 0.29) is 18.3 Å². The van der Waals surface area contributed by atoms with Crippen molar-refractivity contribution in [1.29, 1.82) is 0 Å². The Hall–Kier alpha value is -0.650. The van der Waals surface area contributed by atoms with E-state index in [1.165, 1.54) is 11.8 Å². The maximum absolute atomic E-state index is 11.8. The second kappa shape index (κ2) is 7.60. The molecule has 0 aliphatic rings. The molecule has 0 atom stereocenters. The van der Waals surface area contributed by atoms with Crippen molar-refractivity contribution >= 4 is 30.1 Å². The van der Waals surface area contributed by atoms with Crippen molar-refractivity contribution in [2.45, 2.75) is 5.09 Å². The summed E-state index contributed by atoms with van der Waals surface area (Å²) < 4.78 is 5.35. The van der Waals surface area contributed by atoms with Crippen molar-refractivity contribution in [3.05, 3.63) is 17.9 Å². The zero-order valence-electron chi connectivity index (χ0n) is 9.65. The number of nitrogens with zero attached hydrogens (tertiary/aromatic N) is 1. The molecular weight excluding hydrogens is 248 g/mol. The zero-order chi connectivity index (χ0) is 11.3. The number of rotatable bonds is 5. The smallest absolute Gasteiger partial charge is 0.289 e. The second-order valence-electron chi connectivity index (χ2n) is 3.15. The van der Waals surface area contributed by atoms with Crippen LogP contribution in [0.3, 0.4) is 0 Å². The molecule has 6 heteroatoms. The van der Waals surface area contributed by atoms with Crippen LogP contribution in [0.2, 0.25) is 0 Å². The maximum atomic E-state index is 11.8. The highest BCUT2D eigenvalue weighted by Gasteiger charge is 2.14. The van der Waals surface area contributed by atoms with Crippen LogP contribution in [0.5, 0.6) is 0 Å². The Kier molecular flexibility index (Phi) is 7.29. The maximum Gasteiger partial charge on any atom is 0.289 e. The number of thioether (sulfide) groups is 1. The minimum atomic E-state index is -0.0782. The third kappa shape index (κ3) is 4.08. The van der Waals surface area contributed by atoms with Gasteiger partial charge in [-0.1, -0.05) is 11.8 Å². The number of furan rings is 1. The van der Waals surface area contributed by atoms with Crippen LogP contribution in [0.1, 0.15) is 10.6 Å². The molecule has 0 aliphatic heterocycles. The van der Waals surface area contributed by atoms with Gasteiger partial charge in [-0.05, 0) is 25.4 Å². The molecule has 92 valence electrons. The van der Waals surface area contributed by atoms with Gasteiger partial charge in [-0.15, -0.1) is 12.4 Å². The first-order valence-electron chi connectivity index (χ1n) is 4.73. The van der Waals surface area contributed by atoms with Gasteiger partial charge in [-0.2, -0.15) is 0 Å². The minimum Gasteiger partial charge on any atom is -0.445 e. The number of hydrogen-bond donors (Lipinski definition) is 1. The Morgan fingerprint density at radius 1 is 1.56 bits per heavy atom. The first-order chi connectivity index (χ1) is 7.19. The van der Waals surface area contributed by atoms with Crippen LogP contribution in [0.4, 0.5) is 0 Å². The Bertz CT molecular complexity index is 330. The summed E-state index contributed by atoms with van der Waals surface area (Å²) in [6.45, 7) is 1.45. The van der Waals surface area contributed by atoms with Crippen molar-refractivity contribution in [2.24, 2.45) is 0 Å². The number of likely N-dealkylation sites (N-methyl/N-ethyl adjacent to an activating group) is 2. The zero-order valence-corrected chi connectivity index (χ0v) is 11.3. The Morgan fingerprint density at radius 3 is 2.75 bits per heavy atom. The van der Waals surface area contributed by atoms with Gasteiger partial charge in [0.2, 0.25) is 0 Å². The number of carbonyl (C=O) groups excluding carboxylic acids is 1. The fourth-order valence-corrected chi connectivity index (χ4v) is 1.49. The number of halogens is 1. The van der Waals surface area contributed by atoms with Crippen molar-refractivity contribution in [3.8, 4) is 0 Å². The van der Waals surface area contributed by atoms with Crippen LogP contribution in [-0.2, 0) is 0 Å². The molecule has 4 nitrogen and oxygen atoms in total. The van der Waals surface area contributed by atoms with Crippen LogP contribution in [-0.4, -0.2) is 44.2 Å². The van der Waals surface area contributed by atoms with Gasteiger partial charge in [0.25, 0.3) is 5.91 Å². The molecule has 16 heavy (non-hydrogen) atoms. The predicted octanol–water partition coefficient (Wildman–Crippen LogP) is 1.71. The summed E-state index contributed by atoms with van der Waals surface area (Å²) in [5, 5.41) is 3.76. The molecule has 1 aromatic rings. The van der Waals surface area contributed by atoms with Gasteiger partial charge in [0, 0.05) is 20.1 Å². The molecule has 1 heterocycles. The van der Waals surface area contributed by atoms with E-state index < -0.39 is 0 Å². The molecule has 0 spiro atoms. The summed E-state index contributed by atoms with van der Waals surface area (Å²) in [7, 11) is 3.62. The van der Waals surface area contributed by atoms with Crippen molar-refractivity contribution in [2.75, 3.05) is 33.4 Å². The summed E-state index contributed by atoms with van der Waals surface area (Å²) in [5.41, 5.74) is 0. The highest BCUT2D eigenvalue weighted by Crippen LogP contribution is 2.18. The highest BCUT2D eigenvalue weighted by atomic mass is 35.5. The first kappa shape index (κ1) is 15.3. The normalized spacial score (nSPS) is 9.69. The standard InChI is InChI=1S/C10H16N2O2S.ClH/c1-11-6-7-12(2)10(13)8-4-5-9(14-8)15-3;/h4-5,11H,6-7H2,1-3H3;1H. The van der Waals surface area contributed by atoms with E-state index in [0.29, 0.717) is 12.3 Å². The van der Waals surface area contributed by atoms with E-state index in [4.69, 9.17) is 4.42 Å². The lowest BCUT2D eigenvalue weighted by Gasteiger charge is -2.14. The van der Waals surface area contributed by atoms with Gasteiger partial charge < -0.3 is 14.6 Å². The van der Waals surface area contributed by atoms with Gasteiger partial charge in [0.1, 0.15) is 0 Å². The fraction of sp³-hybridized carbons (Fsp3) is 0.500. The number of nitrogens with one attached hydrogen (secondary N) is 1. The van der Waals surface area contributed by atoms with E-state index in [0.717, 1.165) is 11.6 Å². The topological polar surface area (TPSA) is 45.5 Å². The van der Waals surface area contributed by atoms with Crippen LogP contribution in [0.25, 0.3) is 0 Å². The quantitative estimate of drug-likeness (QED) is 0.823. The van der Waals surface area contributed by atoms with Gasteiger partial charge in [0.05, 0.1) is 0 Å². The fourth-order valence-electron chi connectivity index (χ4n) is 1.11. The van der Waals surface area contributed by atoms with Crippen molar-refractivity contribution < 1.29 is 9.21 Å². The number of carbonyl (C=O) groups is 1. The third-order valence-corrected chi connectivity index (χ3v) is 2.66. The van der Waals surface area contributed by atoms with Gasteiger partial charge in [-0.25, -0.2) is 0 Å². The van der Waals surface area contributed by atoms with E-state index in [9.17, 15) is 4.79 Å². The molecule has 1 rings (SSSR count). The molecule has 0 aromatic carbocycles. The molecule has 0 bridgehead atoms. The van der Waals surface area contributed by atoms with Gasteiger partial charge in [0.15, 0.2) is 10.9 Å². The summed E-state index contributed by atoms with van der Waals surface area (Å²) in [6, 6.07) is 3.52. The molecule has 0 radical (unpaired) electrons. The molecular formula is C10H17ClN2O2S. The molecule has 1 amide bonds. The average molecular weight is 265 g/mol. The van der Waals surface area contributed by atoms with Crippen LogP contribution >= 0.6 is 24.2 Å². The average Bonchev–Trinajstić information content (AvgIpc) is 2.73. The molecule has 0 fully saturated rings. The third-order valence-electron chi connectivity index (χ3n) is 2.04. The molecule has 0 unspecified atom stereocenters. The molecule has 1 aromatic heterocycles. The lowest BCUT2D eigenvalue weighted by Crippen LogP contribution is -2.32. The van der Waals surface area contributed by atoms with Crippen molar-refractivity contribution in [3.63, 3.8) is 0 Å². The van der Waals surface area contributed by atoms with Gasteiger partial charge in [-0.3, -0.25) is 4.79 Å². The second-order valence-corrected chi connectivity index (χ2v) is 3.96. The van der Waals surface area contributed by atoms with Crippen LogP contribution in [0.15, 0.2) is 21.6 Å².